The zero-order valence-electron chi connectivity index (χ0n) is 11.6. The average Bonchev–Trinajstić information content (AvgIpc) is 2.92. The van der Waals surface area contributed by atoms with E-state index in [9.17, 15) is 9.59 Å². The number of hydrogen-bond donors (Lipinski definition) is 1. The van der Waals surface area contributed by atoms with E-state index in [1.54, 1.807) is 30.3 Å². The highest BCUT2D eigenvalue weighted by atomic mass is 16.5. The number of rotatable bonds is 6. The molecule has 0 aliphatic heterocycles. The molecule has 1 amide bonds. The second kappa shape index (κ2) is 6.66. The summed E-state index contributed by atoms with van der Waals surface area (Å²) >= 11 is 0. The quantitative estimate of drug-likeness (QED) is 0.498. The van der Waals surface area contributed by atoms with Crippen molar-refractivity contribution < 1.29 is 14.1 Å². The van der Waals surface area contributed by atoms with Gasteiger partial charge in [0.1, 0.15) is 0 Å². The minimum atomic E-state index is -1.41. The number of fused-ring (bicyclic) bond motifs is 1. The Kier molecular flexibility index (Phi) is 4.67. The number of hydrogen-bond acceptors (Lipinski definition) is 5. The molecule has 1 unspecified atom stereocenters. The van der Waals surface area contributed by atoms with E-state index < -0.39 is 17.6 Å². The Morgan fingerprint density at radius 1 is 1.43 bits per heavy atom. The summed E-state index contributed by atoms with van der Waals surface area (Å²) < 4.78 is 5.03. The summed E-state index contributed by atoms with van der Waals surface area (Å²) in [5.74, 6) is -2.64. The monoisotopic (exact) mass is 285 g/mol. The number of unbranched alkanes of at least 4 members (excludes halogenated alkanes) is 1. The zero-order chi connectivity index (χ0) is 15.2. The second-order valence-corrected chi connectivity index (χ2v) is 4.60. The van der Waals surface area contributed by atoms with Gasteiger partial charge in [0.15, 0.2) is 17.2 Å². The Hall–Kier alpha value is -2.68. The van der Waals surface area contributed by atoms with E-state index in [0.29, 0.717) is 17.5 Å². The molecular weight excluding hydrogens is 270 g/mol. The third-order valence-corrected chi connectivity index (χ3v) is 3.09. The van der Waals surface area contributed by atoms with Crippen LogP contribution < -0.4 is 5.32 Å². The van der Waals surface area contributed by atoms with Crippen LogP contribution in [-0.4, -0.2) is 23.4 Å². The van der Waals surface area contributed by atoms with E-state index in [-0.39, 0.29) is 5.69 Å². The van der Waals surface area contributed by atoms with E-state index in [0.717, 1.165) is 12.8 Å². The fourth-order valence-corrected chi connectivity index (χ4v) is 1.93. The van der Waals surface area contributed by atoms with Crippen LogP contribution in [0.15, 0.2) is 28.8 Å². The van der Waals surface area contributed by atoms with Gasteiger partial charge in [0, 0.05) is 6.54 Å². The number of para-hydroxylation sites is 1. The molecule has 0 radical (unpaired) electrons. The number of nitrogens with one attached hydrogen (secondary N) is 1. The Morgan fingerprint density at radius 2 is 2.19 bits per heavy atom. The molecule has 0 saturated carbocycles. The van der Waals surface area contributed by atoms with Crippen LogP contribution in [0.25, 0.3) is 11.0 Å². The molecule has 21 heavy (non-hydrogen) atoms. The van der Waals surface area contributed by atoms with E-state index in [1.165, 1.54) is 0 Å². The Morgan fingerprint density at radius 3 is 2.90 bits per heavy atom. The minimum Gasteiger partial charge on any atom is -0.356 e. The molecule has 1 aromatic heterocycles. The van der Waals surface area contributed by atoms with Crippen LogP contribution in [0.1, 0.15) is 30.3 Å². The molecule has 0 aliphatic carbocycles. The summed E-state index contributed by atoms with van der Waals surface area (Å²) in [5, 5.41) is 15.9. The molecule has 6 nitrogen and oxygen atoms in total. The first-order chi connectivity index (χ1) is 10.2. The maximum Gasteiger partial charge on any atom is 0.245 e. The molecule has 2 aromatic rings. The number of aromatic nitrogens is 1. The van der Waals surface area contributed by atoms with Crippen molar-refractivity contribution in [2.75, 3.05) is 6.54 Å². The molecule has 1 aromatic carbocycles. The van der Waals surface area contributed by atoms with Crippen molar-refractivity contribution in [2.24, 2.45) is 5.92 Å². The van der Waals surface area contributed by atoms with Gasteiger partial charge < -0.3 is 9.84 Å². The van der Waals surface area contributed by atoms with E-state index in [1.807, 2.05) is 6.92 Å². The number of carbonyl (C=O) groups is 2. The van der Waals surface area contributed by atoms with Gasteiger partial charge in [-0.15, -0.1) is 0 Å². The van der Waals surface area contributed by atoms with Crippen LogP contribution >= 0.6 is 0 Å². The molecule has 108 valence electrons. The number of nitriles is 1. The standard InChI is InChI=1S/C15H15N3O3/c1-2-3-8-17-15(20)11(9-16)14(19)13-10-6-4-5-7-12(10)21-18-13/h4-7,11H,2-3,8H2,1H3,(H,17,20). The predicted molar refractivity (Wildman–Crippen MR) is 75.4 cm³/mol. The SMILES string of the molecule is CCCCNC(=O)C(C#N)C(=O)c1noc2ccccc12. The summed E-state index contributed by atoms with van der Waals surface area (Å²) in [6, 6.07) is 8.56. The highest BCUT2D eigenvalue weighted by Crippen LogP contribution is 2.20. The van der Waals surface area contributed by atoms with Gasteiger partial charge in [0.05, 0.1) is 11.5 Å². The first-order valence-corrected chi connectivity index (χ1v) is 6.75. The number of nitrogens with zero attached hydrogens (tertiary/aromatic N) is 2. The normalized spacial score (nSPS) is 11.8. The summed E-state index contributed by atoms with van der Waals surface area (Å²) in [5.41, 5.74) is 0.465. The molecule has 1 N–H and O–H groups in total. The smallest absolute Gasteiger partial charge is 0.245 e. The van der Waals surface area contributed by atoms with Gasteiger partial charge in [0.25, 0.3) is 0 Å². The molecule has 2 rings (SSSR count). The van der Waals surface area contributed by atoms with Crippen LogP contribution in [0.3, 0.4) is 0 Å². The lowest BCUT2D eigenvalue weighted by atomic mass is 10.00. The van der Waals surface area contributed by atoms with Gasteiger partial charge in [-0.2, -0.15) is 5.26 Å². The molecule has 0 spiro atoms. The number of ketones is 1. The molecule has 0 bridgehead atoms. The van der Waals surface area contributed by atoms with Crippen molar-refractivity contribution in [1.82, 2.24) is 10.5 Å². The molecule has 6 heteroatoms. The van der Waals surface area contributed by atoms with E-state index in [4.69, 9.17) is 9.78 Å². The second-order valence-electron chi connectivity index (χ2n) is 4.60. The number of carbonyl (C=O) groups excluding carboxylic acids is 2. The molecular formula is C15H15N3O3. The van der Waals surface area contributed by atoms with E-state index in [2.05, 4.69) is 10.5 Å². The van der Waals surface area contributed by atoms with Crippen molar-refractivity contribution in [2.45, 2.75) is 19.8 Å². The third-order valence-electron chi connectivity index (χ3n) is 3.09. The topological polar surface area (TPSA) is 96.0 Å². The molecule has 0 fully saturated rings. The lowest BCUT2D eigenvalue weighted by Crippen LogP contribution is -2.35. The maximum atomic E-state index is 12.3. The van der Waals surface area contributed by atoms with Crippen molar-refractivity contribution in [3.05, 3.63) is 30.0 Å². The molecule has 1 heterocycles. The predicted octanol–water partition coefficient (Wildman–Crippen LogP) is 2.07. The lowest BCUT2D eigenvalue weighted by Gasteiger charge is -2.07. The first kappa shape index (κ1) is 14.7. The van der Waals surface area contributed by atoms with Gasteiger partial charge in [0.2, 0.25) is 11.7 Å². The van der Waals surface area contributed by atoms with Crippen LogP contribution in [0.5, 0.6) is 0 Å². The molecule has 0 saturated heterocycles. The zero-order valence-corrected chi connectivity index (χ0v) is 11.6. The summed E-state index contributed by atoms with van der Waals surface area (Å²) in [4.78, 5) is 24.2. The van der Waals surface area contributed by atoms with Crippen LogP contribution in [0.4, 0.5) is 0 Å². The first-order valence-electron chi connectivity index (χ1n) is 6.75. The van der Waals surface area contributed by atoms with Gasteiger partial charge >= 0.3 is 0 Å². The van der Waals surface area contributed by atoms with Crippen LogP contribution in [-0.2, 0) is 4.79 Å². The highest BCUT2D eigenvalue weighted by molar-refractivity contribution is 6.15. The summed E-state index contributed by atoms with van der Waals surface area (Å²) in [7, 11) is 0. The van der Waals surface area contributed by atoms with Gasteiger partial charge in [-0.3, -0.25) is 9.59 Å². The number of Topliss-reactive ketones (excluding diaryl/α,β-unsaturated/α-hetero) is 1. The molecule has 1 atom stereocenters. The van der Waals surface area contributed by atoms with Crippen molar-refractivity contribution in [3.63, 3.8) is 0 Å². The highest BCUT2D eigenvalue weighted by Gasteiger charge is 2.30. The average molecular weight is 285 g/mol. The van der Waals surface area contributed by atoms with Crippen molar-refractivity contribution >= 4 is 22.7 Å². The largest absolute Gasteiger partial charge is 0.356 e. The van der Waals surface area contributed by atoms with Crippen LogP contribution in [0.2, 0.25) is 0 Å². The molecule has 0 aliphatic rings. The van der Waals surface area contributed by atoms with Gasteiger partial charge in [-0.25, -0.2) is 0 Å². The maximum absolute atomic E-state index is 12.3. The van der Waals surface area contributed by atoms with E-state index >= 15 is 0 Å². The van der Waals surface area contributed by atoms with Crippen molar-refractivity contribution in [3.8, 4) is 6.07 Å². The fraction of sp³-hybridized carbons (Fsp3) is 0.333. The summed E-state index contributed by atoms with van der Waals surface area (Å²) in [6.07, 6.45) is 1.71. The minimum absolute atomic E-state index is 0.0165. The fourth-order valence-electron chi connectivity index (χ4n) is 1.93. The number of benzene rings is 1. The Balaban J connectivity index is 2.21. The third kappa shape index (κ3) is 3.08. The van der Waals surface area contributed by atoms with Crippen LogP contribution in [0, 0.1) is 17.2 Å². The summed E-state index contributed by atoms with van der Waals surface area (Å²) in [6.45, 7) is 2.43. The van der Waals surface area contributed by atoms with Gasteiger partial charge in [-0.1, -0.05) is 30.6 Å². The number of amides is 1. The Labute approximate surface area is 121 Å². The van der Waals surface area contributed by atoms with Crippen molar-refractivity contribution in [1.29, 1.82) is 5.26 Å². The Bertz CT molecular complexity index is 699. The van der Waals surface area contributed by atoms with Gasteiger partial charge in [-0.05, 0) is 18.6 Å². The lowest BCUT2D eigenvalue weighted by molar-refractivity contribution is -0.122.